The van der Waals surface area contributed by atoms with Crippen molar-refractivity contribution < 1.29 is 9.90 Å². The Morgan fingerprint density at radius 2 is 2.29 bits per heavy atom. The van der Waals surface area contributed by atoms with Gasteiger partial charge < -0.3 is 10.4 Å². The number of carboxylic acid groups (broad SMARTS) is 1. The standard InChI is InChI=1S/C14H19NO2/c1-10-4-2-3-5-12(10)13(8-14(16)17)11-6-7-15-9-11/h2-5,11,13,15H,6-9H2,1H3,(H,16,17). The number of rotatable bonds is 4. The highest BCUT2D eigenvalue weighted by Crippen LogP contribution is 2.33. The van der Waals surface area contributed by atoms with Crippen LogP contribution in [0, 0.1) is 12.8 Å². The van der Waals surface area contributed by atoms with Crippen LogP contribution in [0.15, 0.2) is 24.3 Å². The molecule has 0 aliphatic carbocycles. The average Bonchev–Trinajstić information content (AvgIpc) is 2.80. The zero-order valence-corrected chi connectivity index (χ0v) is 10.1. The molecule has 0 amide bonds. The number of aliphatic carboxylic acids is 1. The maximum absolute atomic E-state index is 11.0. The molecule has 0 aromatic heterocycles. The Labute approximate surface area is 102 Å². The molecule has 3 heteroatoms. The van der Waals surface area contributed by atoms with Crippen molar-refractivity contribution in [2.45, 2.75) is 25.7 Å². The van der Waals surface area contributed by atoms with Crippen LogP contribution in [-0.4, -0.2) is 24.2 Å². The molecule has 1 fully saturated rings. The zero-order chi connectivity index (χ0) is 12.3. The fraction of sp³-hybridized carbons (Fsp3) is 0.500. The van der Waals surface area contributed by atoms with Crippen molar-refractivity contribution in [2.75, 3.05) is 13.1 Å². The van der Waals surface area contributed by atoms with Gasteiger partial charge >= 0.3 is 5.97 Å². The first-order valence-electron chi connectivity index (χ1n) is 6.16. The third kappa shape index (κ3) is 2.86. The minimum atomic E-state index is -0.704. The molecule has 2 N–H and O–H groups in total. The topological polar surface area (TPSA) is 49.3 Å². The van der Waals surface area contributed by atoms with Crippen molar-refractivity contribution in [3.8, 4) is 0 Å². The molecule has 3 nitrogen and oxygen atoms in total. The summed E-state index contributed by atoms with van der Waals surface area (Å²) in [6, 6.07) is 8.14. The lowest BCUT2D eigenvalue weighted by Gasteiger charge is -2.23. The first-order valence-corrected chi connectivity index (χ1v) is 6.16. The molecule has 1 heterocycles. The van der Waals surface area contributed by atoms with E-state index in [1.54, 1.807) is 0 Å². The summed E-state index contributed by atoms with van der Waals surface area (Å²) in [5, 5.41) is 12.4. The van der Waals surface area contributed by atoms with E-state index in [2.05, 4.69) is 24.4 Å². The highest BCUT2D eigenvalue weighted by atomic mass is 16.4. The second kappa shape index (κ2) is 5.32. The Morgan fingerprint density at radius 1 is 1.53 bits per heavy atom. The summed E-state index contributed by atoms with van der Waals surface area (Å²) in [5.74, 6) is -0.110. The van der Waals surface area contributed by atoms with Crippen LogP contribution in [0.4, 0.5) is 0 Å². The van der Waals surface area contributed by atoms with Gasteiger partial charge in [0.1, 0.15) is 0 Å². The monoisotopic (exact) mass is 233 g/mol. The van der Waals surface area contributed by atoms with Crippen molar-refractivity contribution in [1.29, 1.82) is 0 Å². The third-order valence-electron chi connectivity index (χ3n) is 3.65. The Hall–Kier alpha value is -1.35. The summed E-state index contributed by atoms with van der Waals surface area (Å²) in [7, 11) is 0. The molecule has 92 valence electrons. The van der Waals surface area contributed by atoms with Gasteiger partial charge in [0.15, 0.2) is 0 Å². The lowest BCUT2D eigenvalue weighted by molar-refractivity contribution is -0.137. The molecular weight excluding hydrogens is 214 g/mol. The molecule has 0 radical (unpaired) electrons. The van der Waals surface area contributed by atoms with E-state index in [1.165, 1.54) is 11.1 Å². The average molecular weight is 233 g/mol. The highest BCUT2D eigenvalue weighted by Gasteiger charge is 2.28. The van der Waals surface area contributed by atoms with Crippen molar-refractivity contribution in [3.05, 3.63) is 35.4 Å². The molecule has 2 unspecified atom stereocenters. The molecule has 1 aromatic carbocycles. The summed E-state index contributed by atoms with van der Waals surface area (Å²) < 4.78 is 0. The summed E-state index contributed by atoms with van der Waals surface area (Å²) >= 11 is 0. The Morgan fingerprint density at radius 3 is 2.88 bits per heavy atom. The van der Waals surface area contributed by atoms with E-state index in [9.17, 15) is 4.79 Å². The van der Waals surface area contributed by atoms with E-state index in [0.29, 0.717) is 5.92 Å². The van der Waals surface area contributed by atoms with Crippen LogP contribution in [0.5, 0.6) is 0 Å². The zero-order valence-electron chi connectivity index (χ0n) is 10.1. The number of aryl methyl sites for hydroxylation is 1. The van der Waals surface area contributed by atoms with Gasteiger partial charge in [-0.1, -0.05) is 24.3 Å². The number of carbonyl (C=O) groups is 1. The molecule has 17 heavy (non-hydrogen) atoms. The smallest absolute Gasteiger partial charge is 0.303 e. The molecule has 0 spiro atoms. The summed E-state index contributed by atoms with van der Waals surface area (Å²) in [6.07, 6.45) is 1.31. The van der Waals surface area contributed by atoms with E-state index >= 15 is 0 Å². The van der Waals surface area contributed by atoms with Crippen LogP contribution in [-0.2, 0) is 4.79 Å². The van der Waals surface area contributed by atoms with Gasteiger partial charge in [-0.25, -0.2) is 0 Å². The van der Waals surface area contributed by atoms with Gasteiger partial charge in [-0.2, -0.15) is 0 Å². The predicted molar refractivity (Wildman–Crippen MR) is 67.1 cm³/mol. The molecule has 1 aromatic rings. The fourth-order valence-corrected chi connectivity index (χ4v) is 2.74. The third-order valence-corrected chi connectivity index (χ3v) is 3.65. The molecule has 0 bridgehead atoms. The van der Waals surface area contributed by atoms with Crippen LogP contribution in [0.25, 0.3) is 0 Å². The fourth-order valence-electron chi connectivity index (χ4n) is 2.74. The Bertz CT molecular complexity index is 397. The van der Waals surface area contributed by atoms with Crippen molar-refractivity contribution in [2.24, 2.45) is 5.92 Å². The molecule has 2 rings (SSSR count). The van der Waals surface area contributed by atoms with Crippen LogP contribution in [0.3, 0.4) is 0 Å². The minimum Gasteiger partial charge on any atom is -0.481 e. The first kappa shape index (κ1) is 12.1. The summed E-state index contributed by atoms with van der Waals surface area (Å²) in [5.41, 5.74) is 2.40. The van der Waals surface area contributed by atoms with Crippen molar-refractivity contribution in [1.82, 2.24) is 5.32 Å². The van der Waals surface area contributed by atoms with Crippen molar-refractivity contribution in [3.63, 3.8) is 0 Å². The lowest BCUT2D eigenvalue weighted by atomic mass is 9.81. The van der Waals surface area contributed by atoms with E-state index in [0.717, 1.165) is 19.5 Å². The molecular formula is C14H19NO2. The quantitative estimate of drug-likeness (QED) is 0.838. The maximum atomic E-state index is 11.0. The van der Waals surface area contributed by atoms with Crippen molar-refractivity contribution >= 4 is 5.97 Å². The number of hydrogen-bond donors (Lipinski definition) is 2. The molecule has 2 atom stereocenters. The van der Waals surface area contributed by atoms with Gasteiger partial charge in [-0.3, -0.25) is 4.79 Å². The second-order valence-electron chi connectivity index (χ2n) is 4.81. The van der Waals surface area contributed by atoms with Crippen LogP contribution >= 0.6 is 0 Å². The van der Waals surface area contributed by atoms with Gasteiger partial charge in [0.05, 0.1) is 6.42 Å². The van der Waals surface area contributed by atoms with Gasteiger partial charge in [0.2, 0.25) is 0 Å². The number of hydrogen-bond acceptors (Lipinski definition) is 2. The van der Waals surface area contributed by atoms with E-state index in [-0.39, 0.29) is 12.3 Å². The molecule has 1 aliphatic heterocycles. The normalized spacial score (nSPS) is 21.4. The van der Waals surface area contributed by atoms with Crippen LogP contribution in [0.2, 0.25) is 0 Å². The SMILES string of the molecule is Cc1ccccc1C(CC(=O)O)C1CCNC1. The van der Waals surface area contributed by atoms with Gasteiger partial charge in [-0.15, -0.1) is 0 Å². The highest BCUT2D eigenvalue weighted by molar-refractivity contribution is 5.68. The molecule has 1 saturated heterocycles. The number of nitrogens with one attached hydrogen (secondary N) is 1. The number of carboxylic acids is 1. The minimum absolute atomic E-state index is 0.142. The largest absolute Gasteiger partial charge is 0.481 e. The van der Waals surface area contributed by atoms with Crippen LogP contribution < -0.4 is 5.32 Å². The van der Waals surface area contributed by atoms with Crippen LogP contribution in [0.1, 0.15) is 29.9 Å². The predicted octanol–water partition coefficient (Wildman–Crippen LogP) is 2.16. The maximum Gasteiger partial charge on any atom is 0.303 e. The lowest BCUT2D eigenvalue weighted by Crippen LogP contribution is -2.20. The number of benzene rings is 1. The van der Waals surface area contributed by atoms with E-state index < -0.39 is 5.97 Å². The van der Waals surface area contributed by atoms with E-state index in [1.807, 2.05) is 12.1 Å². The second-order valence-corrected chi connectivity index (χ2v) is 4.81. The van der Waals surface area contributed by atoms with E-state index in [4.69, 9.17) is 5.11 Å². The Balaban J connectivity index is 2.25. The molecule has 0 saturated carbocycles. The van der Waals surface area contributed by atoms with Gasteiger partial charge in [0.25, 0.3) is 0 Å². The van der Waals surface area contributed by atoms with Gasteiger partial charge in [0, 0.05) is 0 Å². The Kier molecular flexibility index (Phi) is 3.79. The summed E-state index contributed by atoms with van der Waals surface area (Å²) in [6.45, 7) is 4.01. The molecule has 1 aliphatic rings. The van der Waals surface area contributed by atoms with Gasteiger partial charge in [-0.05, 0) is 49.4 Å². The first-order chi connectivity index (χ1) is 8.18. The summed E-state index contributed by atoms with van der Waals surface area (Å²) in [4.78, 5) is 11.0.